The van der Waals surface area contributed by atoms with Crippen molar-refractivity contribution in [3.63, 3.8) is 0 Å². The molecule has 0 unspecified atom stereocenters. The molecule has 1 aliphatic heterocycles. The molecule has 0 radical (unpaired) electrons. The maximum atomic E-state index is 13.2. The molecule has 0 saturated carbocycles. The highest BCUT2D eigenvalue weighted by molar-refractivity contribution is 6.42. The Hall–Kier alpha value is -2.63. The van der Waals surface area contributed by atoms with Crippen LogP contribution in [0.4, 0.5) is 16.3 Å². The molecule has 0 N–H and O–H groups in total. The quantitative estimate of drug-likeness (QED) is 0.634. The summed E-state index contributed by atoms with van der Waals surface area (Å²) < 4.78 is 0. The van der Waals surface area contributed by atoms with Gasteiger partial charge in [0.05, 0.1) is 22.3 Å². The van der Waals surface area contributed by atoms with Gasteiger partial charge in [0.15, 0.2) is 0 Å². The Kier molecular flexibility index (Phi) is 4.49. The van der Waals surface area contributed by atoms with Crippen molar-refractivity contribution < 1.29 is 4.79 Å². The monoisotopic (exact) mass is 384 g/mol. The second kappa shape index (κ2) is 6.94. The van der Waals surface area contributed by atoms with Crippen LogP contribution in [0.25, 0.3) is 0 Å². The van der Waals surface area contributed by atoms with Crippen LogP contribution in [0.15, 0.2) is 61.1 Å². The first-order valence-electron chi connectivity index (χ1n) is 8.00. The fourth-order valence-electron chi connectivity index (χ4n) is 2.95. The van der Waals surface area contributed by atoms with Gasteiger partial charge in [-0.15, -0.1) is 0 Å². The van der Waals surface area contributed by atoms with Crippen molar-refractivity contribution in [3.05, 3.63) is 82.2 Å². The van der Waals surface area contributed by atoms with Crippen molar-refractivity contribution in [2.45, 2.75) is 13.1 Å². The largest absolute Gasteiger partial charge is 0.330 e. The third-order valence-corrected chi connectivity index (χ3v) is 4.93. The van der Waals surface area contributed by atoms with E-state index in [1.54, 1.807) is 46.6 Å². The van der Waals surface area contributed by atoms with E-state index in [1.165, 1.54) is 0 Å². The van der Waals surface area contributed by atoms with Gasteiger partial charge in [-0.25, -0.2) is 14.7 Å². The van der Waals surface area contributed by atoms with Gasteiger partial charge in [-0.05, 0) is 42.0 Å². The highest BCUT2D eigenvalue weighted by atomic mass is 35.5. The van der Waals surface area contributed by atoms with Crippen molar-refractivity contribution in [3.8, 4) is 0 Å². The van der Waals surface area contributed by atoms with Crippen LogP contribution in [0.1, 0.15) is 11.1 Å². The lowest BCUT2D eigenvalue weighted by Gasteiger charge is -2.36. The molecule has 3 heterocycles. The molecule has 3 aromatic rings. The number of anilines is 2. The summed E-state index contributed by atoms with van der Waals surface area (Å²) in [5.41, 5.74) is 2.60. The molecular formula is C19H14Cl2N4O. The van der Waals surface area contributed by atoms with E-state index in [-0.39, 0.29) is 6.03 Å². The van der Waals surface area contributed by atoms with Crippen LogP contribution in [0, 0.1) is 0 Å². The number of pyridine rings is 2. The first-order chi connectivity index (χ1) is 12.6. The molecule has 0 bridgehead atoms. The minimum absolute atomic E-state index is 0.161. The van der Waals surface area contributed by atoms with Gasteiger partial charge >= 0.3 is 6.03 Å². The number of benzene rings is 1. The zero-order valence-corrected chi connectivity index (χ0v) is 15.2. The number of rotatable bonds is 3. The molecular weight excluding hydrogens is 371 g/mol. The van der Waals surface area contributed by atoms with Crippen molar-refractivity contribution >= 4 is 40.7 Å². The summed E-state index contributed by atoms with van der Waals surface area (Å²) in [6.45, 7) is 0.968. The number of aromatic nitrogens is 2. The molecule has 2 amide bonds. The third kappa shape index (κ3) is 3.11. The summed E-state index contributed by atoms with van der Waals surface area (Å²) >= 11 is 12.2. The van der Waals surface area contributed by atoms with E-state index in [0.29, 0.717) is 34.6 Å². The molecule has 7 heteroatoms. The second-order valence-corrected chi connectivity index (χ2v) is 6.73. The number of hydrogen-bond acceptors (Lipinski definition) is 3. The lowest BCUT2D eigenvalue weighted by molar-refractivity contribution is 0.198. The number of halogens is 2. The van der Waals surface area contributed by atoms with Gasteiger partial charge in [0.1, 0.15) is 5.82 Å². The Morgan fingerprint density at radius 3 is 2.58 bits per heavy atom. The van der Waals surface area contributed by atoms with Gasteiger partial charge in [-0.1, -0.05) is 29.3 Å². The Bertz CT molecular complexity index is 965. The Labute approximate surface area is 160 Å². The highest BCUT2D eigenvalue weighted by Gasteiger charge is 2.32. The van der Waals surface area contributed by atoms with Crippen LogP contribution < -0.4 is 4.90 Å². The average Bonchev–Trinajstić information content (AvgIpc) is 2.66. The Morgan fingerprint density at radius 1 is 1.00 bits per heavy atom. The van der Waals surface area contributed by atoms with Gasteiger partial charge in [0.25, 0.3) is 0 Å². The van der Waals surface area contributed by atoms with Gasteiger partial charge in [-0.2, -0.15) is 0 Å². The molecule has 4 rings (SSSR count). The van der Waals surface area contributed by atoms with E-state index < -0.39 is 0 Å². The molecule has 0 aliphatic carbocycles. The molecule has 0 saturated heterocycles. The van der Waals surface area contributed by atoms with E-state index in [9.17, 15) is 4.79 Å². The molecule has 0 atom stereocenters. The summed E-state index contributed by atoms with van der Waals surface area (Å²) in [7, 11) is 0. The summed E-state index contributed by atoms with van der Waals surface area (Å²) in [5.74, 6) is 0.613. The summed E-state index contributed by atoms with van der Waals surface area (Å²) in [5, 5.41) is 0.829. The molecule has 5 nitrogen and oxygen atoms in total. The Balaban J connectivity index is 1.76. The number of urea groups is 1. The molecule has 2 aromatic heterocycles. The van der Waals surface area contributed by atoms with Crippen LogP contribution in [0.5, 0.6) is 0 Å². The van der Waals surface area contributed by atoms with E-state index in [4.69, 9.17) is 23.2 Å². The second-order valence-electron chi connectivity index (χ2n) is 5.91. The van der Waals surface area contributed by atoms with Crippen LogP contribution >= 0.6 is 23.2 Å². The van der Waals surface area contributed by atoms with Gasteiger partial charge < -0.3 is 4.90 Å². The lowest BCUT2D eigenvalue weighted by Crippen LogP contribution is -2.44. The fourth-order valence-corrected chi connectivity index (χ4v) is 3.24. The molecule has 0 spiro atoms. The minimum atomic E-state index is -0.161. The lowest BCUT2D eigenvalue weighted by atomic mass is 10.1. The summed E-state index contributed by atoms with van der Waals surface area (Å²) in [6.07, 6.45) is 5.11. The SMILES string of the molecule is O=C1N(Cc2ccncc2)Cc2cccnc2N1c1ccc(Cl)c(Cl)c1. The zero-order valence-electron chi connectivity index (χ0n) is 13.6. The zero-order chi connectivity index (χ0) is 18.1. The predicted octanol–water partition coefficient (Wildman–Crippen LogP) is 5.06. The smallest absolute Gasteiger partial charge is 0.315 e. The Morgan fingerprint density at radius 2 is 1.81 bits per heavy atom. The topological polar surface area (TPSA) is 49.3 Å². The maximum Gasteiger partial charge on any atom is 0.330 e. The van der Waals surface area contributed by atoms with Crippen molar-refractivity contribution in [1.82, 2.24) is 14.9 Å². The van der Waals surface area contributed by atoms with E-state index in [2.05, 4.69) is 9.97 Å². The van der Waals surface area contributed by atoms with Crippen molar-refractivity contribution in [1.29, 1.82) is 0 Å². The number of carbonyl (C=O) groups is 1. The first kappa shape index (κ1) is 16.8. The van der Waals surface area contributed by atoms with Crippen molar-refractivity contribution in [2.75, 3.05) is 4.90 Å². The average molecular weight is 385 g/mol. The van der Waals surface area contributed by atoms with E-state index in [1.807, 2.05) is 24.3 Å². The van der Waals surface area contributed by atoms with Gasteiger partial charge in [-0.3, -0.25) is 4.98 Å². The normalized spacial score (nSPS) is 13.7. The van der Waals surface area contributed by atoms with E-state index in [0.717, 1.165) is 11.1 Å². The predicted molar refractivity (Wildman–Crippen MR) is 102 cm³/mol. The van der Waals surface area contributed by atoms with Crippen molar-refractivity contribution in [2.24, 2.45) is 0 Å². The number of carbonyl (C=O) groups excluding carboxylic acids is 1. The molecule has 1 aliphatic rings. The highest BCUT2D eigenvalue weighted by Crippen LogP contribution is 2.36. The van der Waals surface area contributed by atoms with Crippen LogP contribution in [0.3, 0.4) is 0 Å². The van der Waals surface area contributed by atoms with Gasteiger partial charge in [0.2, 0.25) is 0 Å². The summed E-state index contributed by atoms with van der Waals surface area (Å²) in [4.78, 5) is 25.0. The van der Waals surface area contributed by atoms with Crippen LogP contribution in [0.2, 0.25) is 10.0 Å². The molecule has 130 valence electrons. The van der Waals surface area contributed by atoms with E-state index >= 15 is 0 Å². The van der Waals surface area contributed by atoms with Crippen LogP contribution in [-0.4, -0.2) is 20.9 Å². The maximum absolute atomic E-state index is 13.2. The number of nitrogens with zero attached hydrogens (tertiary/aromatic N) is 4. The third-order valence-electron chi connectivity index (χ3n) is 4.19. The first-order valence-corrected chi connectivity index (χ1v) is 8.76. The number of amides is 2. The minimum Gasteiger partial charge on any atom is -0.315 e. The number of hydrogen-bond donors (Lipinski definition) is 0. The van der Waals surface area contributed by atoms with Crippen LogP contribution in [-0.2, 0) is 13.1 Å². The molecule has 0 fully saturated rings. The molecule has 1 aromatic carbocycles. The van der Waals surface area contributed by atoms with Gasteiger partial charge in [0, 0.05) is 30.7 Å². The molecule has 26 heavy (non-hydrogen) atoms. The number of fused-ring (bicyclic) bond motifs is 1. The summed E-state index contributed by atoms with van der Waals surface area (Å²) in [6, 6.07) is 12.6. The standard InChI is InChI=1S/C19H14Cl2N4O/c20-16-4-3-15(10-17(16)21)25-18-14(2-1-7-23-18)12-24(19(25)26)11-13-5-8-22-9-6-13/h1-10H,11-12H2. The fraction of sp³-hybridized carbons (Fsp3) is 0.105.